The van der Waals surface area contributed by atoms with Gasteiger partial charge in [-0.25, -0.2) is 0 Å². The standard InChI is InChI=1S/C22H30N4OS/c1-4-15-5-7-16(8-6-15)20(14(2)3)23-19(27)13-28-22-25-24-21(17-9-10-17)26(22)18-11-12-18/h5-8,14,17-18,20H,4,9-13H2,1-3H3,(H,23,27)/t20-/m1/s1. The maximum atomic E-state index is 12.7. The third kappa shape index (κ3) is 4.43. The molecule has 2 aromatic rings. The molecular formula is C22H30N4OS. The van der Waals surface area contributed by atoms with Crippen LogP contribution in [0.25, 0.3) is 0 Å². The summed E-state index contributed by atoms with van der Waals surface area (Å²) >= 11 is 1.52. The van der Waals surface area contributed by atoms with Crippen molar-refractivity contribution in [1.29, 1.82) is 0 Å². The lowest BCUT2D eigenvalue weighted by Crippen LogP contribution is -2.33. The molecule has 1 heterocycles. The molecule has 0 unspecified atom stereocenters. The Labute approximate surface area is 171 Å². The predicted molar refractivity (Wildman–Crippen MR) is 113 cm³/mol. The third-order valence-electron chi connectivity index (χ3n) is 5.61. The van der Waals surface area contributed by atoms with E-state index >= 15 is 0 Å². The summed E-state index contributed by atoms with van der Waals surface area (Å²) in [6, 6.07) is 9.18. The first-order valence-corrected chi connectivity index (χ1v) is 11.5. The quantitative estimate of drug-likeness (QED) is 0.624. The van der Waals surface area contributed by atoms with Crippen molar-refractivity contribution in [2.45, 2.75) is 76.0 Å². The number of rotatable bonds is 9. The van der Waals surface area contributed by atoms with Crippen molar-refractivity contribution in [1.82, 2.24) is 20.1 Å². The van der Waals surface area contributed by atoms with Crippen LogP contribution in [0.5, 0.6) is 0 Å². The van der Waals surface area contributed by atoms with Crippen molar-refractivity contribution < 1.29 is 4.79 Å². The Bertz CT molecular complexity index is 822. The fourth-order valence-electron chi connectivity index (χ4n) is 3.62. The zero-order valence-electron chi connectivity index (χ0n) is 17.0. The van der Waals surface area contributed by atoms with Gasteiger partial charge in [0.2, 0.25) is 5.91 Å². The molecule has 1 N–H and O–H groups in total. The lowest BCUT2D eigenvalue weighted by Gasteiger charge is -2.23. The molecule has 2 aliphatic rings. The van der Waals surface area contributed by atoms with E-state index in [1.165, 1.54) is 48.6 Å². The van der Waals surface area contributed by atoms with Gasteiger partial charge in [0.1, 0.15) is 5.82 Å². The van der Waals surface area contributed by atoms with Crippen LogP contribution in [-0.4, -0.2) is 26.4 Å². The maximum Gasteiger partial charge on any atom is 0.230 e. The van der Waals surface area contributed by atoms with E-state index in [0.29, 0.717) is 23.6 Å². The van der Waals surface area contributed by atoms with Gasteiger partial charge >= 0.3 is 0 Å². The summed E-state index contributed by atoms with van der Waals surface area (Å²) in [6.07, 6.45) is 5.90. The van der Waals surface area contributed by atoms with E-state index in [0.717, 1.165) is 17.4 Å². The molecule has 2 saturated carbocycles. The second kappa shape index (κ2) is 8.27. The van der Waals surface area contributed by atoms with Crippen LogP contribution in [0.4, 0.5) is 0 Å². The second-order valence-corrected chi connectivity index (χ2v) is 9.33. The van der Waals surface area contributed by atoms with Gasteiger partial charge in [0.15, 0.2) is 5.16 Å². The average molecular weight is 399 g/mol. The molecule has 28 heavy (non-hydrogen) atoms. The summed E-state index contributed by atoms with van der Waals surface area (Å²) in [4.78, 5) is 12.7. The Balaban J connectivity index is 1.39. The van der Waals surface area contributed by atoms with Gasteiger partial charge in [-0.1, -0.05) is 56.8 Å². The zero-order chi connectivity index (χ0) is 19.7. The number of benzene rings is 1. The minimum atomic E-state index is 0.0299. The molecule has 150 valence electrons. The lowest BCUT2D eigenvalue weighted by atomic mass is 9.95. The van der Waals surface area contributed by atoms with Crippen molar-refractivity contribution in [2.75, 3.05) is 5.75 Å². The highest BCUT2D eigenvalue weighted by molar-refractivity contribution is 7.99. The second-order valence-electron chi connectivity index (χ2n) is 8.39. The molecule has 2 fully saturated rings. The Morgan fingerprint density at radius 1 is 1.18 bits per heavy atom. The van der Waals surface area contributed by atoms with Gasteiger partial charge in [-0.3, -0.25) is 4.79 Å². The minimum Gasteiger partial charge on any atom is -0.348 e. The van der Waals surface area contributed by atoms with Crippen molar-refractivity contribution in [2.24, 2.45) is 5.92 Å². The van der Waals surface area contributed by atoms with Crippen LogP contribution in [0.1, 0.15) is 81.4 Å². The Morgan fingerprint density at radius 2 is 1.89 bits per heavy atom. The smallest absolute Gasteiger partial charge is 0.230 e. The van der Waals surface area contributed by atoms with Crippen LogP contribution < -0.4 is 5.32 Å². The highest BCUT2D eigenvalue weighted by Gasteiger charge is 2.36. The molecule has 0 bridgehead atoms. The molecular weight excluding hydrogens is 368 g/mol. The molecule has 6 heteroatoms. The fourth-order valence-corrected chi connectivity index (χ4v) is 4.45. The van der Waals surface area contributed by atoms with E-state index in [4.69, 9.17) is 0 Å². The van der Waals surface area contributed by atoms with Gasteiger partial charge in [-0.05, 0) is 49.1 Å². The highest BCUT2D eigenvalue weighted by atomic mass is 32.2. The number of carbonyl (C=O) groups excluding carboxylic acids is 1. The van der Waals surface area contributed by atoms with Gasteiger partial charge in [-0.15, -0.1) is 10.2 Å². The Morgan fingerprint density at radius 3 is 2.46 bits per heavy atom. The highest BCUT2D eigenvalue weighted by Crippen LogP contribution is 2.46. The number of hydrogen-bond acceptors (Lipinski definition) is 4. The van der Waals surface area contributed by atoms with Crippen LogP contribution in [0.15, 0.2) is 29.4 Å². The number of amides is 1. The van der Waals surface area contributed by atoms with Crippen LogP contribution >= 0.6 is 11.8 Å². The number of nitrogens with one attached hydrogen (secondary N) is 1. The summed E-state index contributed by atoms with van der Waals surface area (Å²) in [5.74, 6) is 2.50. The van der Waals surface area contributed by atoms with Crippen LogP contribution in [0.3, 0.4) is 0 Å². The first-order chi connectivity index (χ1) is 13.6. The van der Waals surface area contributed by atoms with Gasteiger partial charge in [0.05, 0.1) is 11.8 Å². The fraction of sp³-hybridized carbons (Fsp3) is 0.591. The van der Waals surface area contributed by atoms with Crippen LogP contribution in [0.2, 0.25) is 0 Å². The predicted octanol–water partition coefficient (Wildman–Crippen LogP) is 4.66. The van der Waals surface area contributed by atoms with Crippen LogP contribution in [-0.2, 0) is 11.2 Å². The van der Waals surface area contributed by atoms with E-state index in [-0.39, 0.29) is 11.9 Å². The normalized spacial score (nSPS) is 17.7. The molecule has 0 aliphatic heterocycles. The minimum absolute atomic E-state index is 0.0299. The van der Waals surface area contributed by atoms with E-state index in [1.54, 1.807) is 0 Å². The summed E-state index contributed by atoms with van der Waals surface area (Å²) in [7, 11) is 0. The molecule has 2 aliphatic carbocycles. The Hall–Kier alpha value is -1.82. The first kappa shape index (κ1) is 19.5. The van der Waals surface area contributed by atoms with E-state index in [1.807, 2.05) is 0 Å². The molecule has 0 spiro atoms. The topological polar surface area (TPSA) is 59.8 Å². The average Bonchev–Trinajstić information content (AvgIpc) is 3.63. The first-order valence-electron chi connectivity index (χ1n) is 10.5. The summed E-state index contributed by atoms with van der Waals surface area (Å²) in [5.41, 5.74) is 2.49. The molecule has 1 aromatic carbocycles. The third-order valence-corrected chi connectivity index (χ3v) is 6.55. The van der Waals surface area contributed by atoms with Crippen molar-refractivity contribution in [3.8, 4) is 0 Å². The molecule has 0 saturated heterocycles. The Kier molecular flexibility index (Phi) is 5.76. The summed E-state index contributed by atoms with van der Waals surface area (Å²) in [6.45, 7) is 6.46. The molecule has 5 nitrogen and oxygen atoms in total. The largest absolute Gasteiger partial charge is 0.348 e. The molecule has 1 amide bonds. The van der Waals surface area contributed by atoms with Gasteiger partial charge in [0, 0.05) is 12.0 Å². The molecule has 4 rings (SSSR count). The van der Waals surface area contributed by atoms with Crippen LogP contribution in [0, 0.1) is 5.92 Å². The van der Waals surface area contributed by atoms with Crippen molar-refractivity contribution in [3.05, 3.63) is 41.2 Å². The zero-order valence-corrected chi connectivity index (χ0v) is 17.8. The van der Waals surface area contributed by atoms with Crippen molar-refractivity contribution >= 4 is 17.7 Å². The molecule has 1 atom stereocenters. The number of carbonyl (C=O) groups is 1. The van der Waals surface area contributed by atoms with Crippen molar-refractivity contribution in [3.63, 3.8) is 0 Å². The number of thioether (sulfide) groups is 1. The van der Waals surface area contributed by atoms with E-state index in [9.17, 15) is 4.79 Å². The monoisotopic (exact) mass is 398 g/mol. The van der Waals surface area contributed by atoms with Gasteiger partial charge < -0.3 is 9.88 Å². The van der Waals surface area contributed by atoms with Gasteiger partial charge in [0.25, 0.3) is 0 Å². The lowest BCUT2D eigenvalue weighted by molar-refractivity contribution is -0.119. The number of nitrogens with zero attached hydrogens (tertiary/aromatic N) is 3. The number of aromatic nitrogens is 3. The SMILES string of the molecule is CCc1ccc([C@H](NC(=O)CSc2nnc(C3CC3)n2C2CC2)C(C)C)cc1. The van der Waals surface area contributed by atoms with E-state index < -0.39 is 0 Å². The summed E-state index contributed by atoms with van der Waals surface area (Å²) in [5, 5.41) is 13.0. The van der Waals surface area contributed by atoms with E-state index in [2.05, 4.69) is 65.1 Å². The molecule has 1 aromatic heterocycles. The number of hydrogen-bond donors (Lipinski definition) is 1. The summed E-state index contributed by atoms with van der Waals surface area (Å²) < 4.78 is 2.30. The molecule has 0 radical (unpaired) electrons. The number of aryl methyl sites for hydroxylation is 1. The van der Waals surface area contributed by atoms with Gasteiger partial charge in [-0.2, -0.15) is 0 Å². The maximum absolute atomic E-state index is 12.7.